The van der Waals surface area contributed by atoms with Gasteiger partial charge >= 0.3 is 0 Å². The minimum atomic E-state index is -0.322. The van der Waals surface area contributed by atoms with Gasteiger partial charge in [0.1, 0.15) is 9.90 Å². The lowest BCUT2D eigenvalue weighted by atomic mass is 9.76. The fourth-order valence-electron chi connectivity index (χ4n) is 3.51. The molecule has 0 aromatic carbocycles. The van der Waals surface area contributed by atoms with Crippen molar-refractivity contribution in [3.05, 3.63) is 18.1 Å². The third kappa shape index (κ3) is 3.22. The highest BCUT2D eigenvalue weighted by Gasteiger charge is 2.48. The Morgan fingerprint density at radius 3 is 2.71 bits per heavy atom. The van der Waals surface area contributed by atoms with Crippen LogP contribution in [0.2, 0.25) is 0 Å². The number of hydrogen-bond acceptors (Lipinski definition) is 4. The Morgan fingerprint density at radius 1 is 1.29 bits per heavy atom. The largest absolute Gasteiger partial charge is 0.301 e. The molecule has 5 heteroatoms. The van der Waals surface area contributed by atoms with Crippen LogP contribution in [0.15, 0.2) is 17.4 Å². The van der Waals surface area contributed by atoms with Crippen molar-refractivity contribution in [1.82, 2.24) is 14.9 Å². The summed E-state index contributed by atoms with van der Waals surface area (Å²) in [5.41, 5.74) is 1.03. The average molecular weight is 326 g/mol. The number of unbranched alkanes of at least 4 members (excludes halogenated alkanes) is 2. The lowest BCUT2D eigenvalue weighted by Gasteiger charge is -2.49. The average Bonchev–Trinajstić information content (AvgIpc) is 2.53. The molecule has 0 radical (unpaired) electrons. The number of nitrogens with zero attached hydrogens (tertiary/aromatic N) is 3. The molecule has 1 atom stereocenters. The summed E-state index contributed by atoms with van der Waals surface area (Å²) in [7, 11) is 0. The Labute approximate surface area is 136 Å². The highest BCUT2D eigenvalue weighted by molar-refractivity contribution is 7.99. The van der Waals surface area contributed by atoms with E-state index in [4.69, 9.17) is 11.6 Å². The maximum Gasteiger partial charge on any atom is 0.119 e. The number of thioether (sulfide) groups is 1. The molecule has 2 bridgehead atoms. The van der Waals surface area contributed by atoms with E-state index in [9.17, 15) is 0 Å². The van der Waals surface area contributed by atoms with E-state index in [0.29, 0.717) is 5.92 Å². The molecule has 1 aromatic rings. The molecule has 4 rings (SSSR count). The van der Waals surface area contributed by atoms with E-state index in [0.717, 1.165) is 23.0 Å². The summed E-state index contributed by atoms with van der Waals surface area (Å²) >= 11 is 8.91. The zero-order valence-electron chi connectivity index (χ0n) is 12.7. The molecule has 1 unspecified atom stereocenters. The van der Waals surface area contributed by atoms with Gasteiger partial charge in [0.25, 0.3) is 0 Å². The molecule has 0 amide bonds. The summed E-state index contributed by atoms with van der Waals surface area (Å²) in [5, 5.41) is 1.05. The number of hydrogen-bond donors (Lipinski definition) is 0. The van der Waals surface area contributed by atoms with Crippen LogP contribution in [0.3, 0.4) is 0 Å². The fraction of sp³-hybridized carbons (Fsp3) is 0.750. The molecule has 3 aliphatic heterocycles. The van der Waals surface area contributed by atoms with Crippen molar-refractivity contribution >= 4 is 23.4 Å². The van der Waals surface area contributed by atoms with Gasteiger partial charge in [0, 0.05) is 18.9 Å². The molecule has 0 saturated carbocycles. The van der Waals surface area contributed by atoms with Crippen LogP contribution in [0, 0.1) is 5.92 Å². The molecule has 0 spiro atoms. The third-order valence-electron chi connectivity index (χ3n) is 4.73. The summed E-state index contributed by atoms with van der Waals surface area (Å²) in [4.78, 5) is 11.4. The van der Waals surface area contributed by atoms with Crippen LogP contribution in [-0.2, 0) is 4.87 Å². The van der Waals surface area contributed by atoms with Crippen LogP contribution in [0.4, 0.5) is 0 Å². The second-order valence-corrected chi connectivity index (χ2v) is 7.94. The minimum absolute atomic E-state index is 0.322. The molecular weight excluding hydrogens is 302 g/mol. The first-order chi connectivity index (χ1) is 10.2. The van der Waals surface area contributed by atoms with Crippen molar-refractivity contribution < 1.29 is 0 Å². The summed E-state index contributed by atoms with van der Waals surface area (Å²) in [5.74, 6) is 1.66. The SMILES string of the molecule is CCCCCSc1nccnc1C1(Cl)CN2CCC1CC2. The van der Waals surface area contributed by atoms with Gasteiger partial charge in [-0.3, -0.25) is 4.98 Å². The lowest BCUT2D eigenvalue weighted by molar-refractivity contribution is 0.0630. The van der Waals surface area contributed by atoms with Gasteiger partial charge in [-0.05, 0) is 44.0 Å². The zero-order valence-corrected chi connectivity index (χ0v) is 14.3. The number of aromatic nitrogens is 2. The first-order valence-corrected chi connectivity index (χ1v) is 9.46. The molecular formula is C16H24ClN3S. The predicted octanol–water partition coefficient (Wildman–Crippen LogP) is 3.92. The van der Waals surface area contributed by atoms with Crippen LogP contribution >= 0.6 is 23.4 Å². The Balaban J connectivity index is 1.78. The second kappa shape index (κ2) is 6.84. The fourth-order valence-corrected chi connectivity index (χ4v) is 5.14. The molecule has 0 N–H and O–H groups in total. The van der Waals surface area contributed by atoms with Crippen molar-refractivity contribution in [2.75, 3.05) is 25.4 Å². The van der Waals surface area contributed by atoms with Gasteiger partial charge in [-0.25, -0.2) is 4.98 Å². The molecule has 116 valence electrons. The van der Waals surface area contributed by atoms with Gasteiger partial charge in [0.2, 0.25) is 0 Å². The highest BCUT2D eigenvalue weighted by Crippen LogP contribution is 2.48. The van der Waals surface area contributed by atoms with E-state index in [-0.39, 0.29) is 4.87 Å². The Hall–Kier alpha value is -0.320. The first kappa shape index (κ1) is 15.6. The van der Waals surface area contributed by atoms with Gasteiger partial charge in [-0.1, -0.05) is 19.8 Å². The van der Waals surface area contributed by atoms with Crippen molar-refractivity contribution in [1.29, 1.82) is 0 Å². The summed E-state index contributed by atoms with van der Waals surface area (Å²) in [6.45, 7) is 5.55. The third-order valence-corrected chi connectivity index (χ3v) is 6.41. The number of fused-ring (bicyclic) bond motifs is 3. The number of rotatable bonds is 6. The lowest BCUT2D eigenvalue weighted by Crippen LogP contribution is -2.54. The normalized spacial score (nSPS) is 31.5. The second-order valence-electron chi connectivity index (χ2n) is 6.18. The number of alkyl halides is 1. The van der Waals surface area contributed by atoms with Gasteiger partial charge in [0.05, 0.1) is 5.69 Å². The molecule has 21 heavy (non-hydrogen) atoms. The van der Waals surface area contributed by atoms with Gasteiger partial charge in [0.15, 0.2) is 0 Å². The first-order valence-electron chi connectivity index (χ1n) is 8.09. The van der Waals surface area contributed by atoms with Crippen LogP contribution in [0.5, 0.6) is 0 Å². The molecule has 4 heterocycles. The molecule has 3 aliphatic rings. The van der Waals surface area contributed by atoms with Gasteiger partial charge in [-0.2, -0.15) is 0 Å². The number of halogens is 1. The molecule has 3 fully saturated rings. The van der Waals surface area contributed by atoms with Gasteiger partial charge in [-0.15, -0.1) is 23.4 Å². The van der Waals surface area contributed by atoms with E-state index < -0.39 is 0 Å². The molecule has 1 aromatic heterocycles. The topological polar surface area (TPSA) is 29.0 Å². The molecule has 0 aliphatic carbocycles. The van der Waals surface area contributed by atoms with Gasteiger partial charge < -0.3 is 4.90 Å². The van der Waals surface area contributed by atoms with E-state index in [2.05, 4.69) is 21.8 Å². The predicted molar refractivity (Wildman–Crippen MR) is 89.0 cm³/mol. The quantitative estimate of drug-likeness (QED) is 0.450. The molecule has 3 nitrogen and oxygen atoms in total. The smallest absolute Gasteiger partial charge is 0.119 e. The van der Waals surface area contributed by atoms with Crippen LogP contribution in [0.1, 0.15) is 44.7 Å². The zero-order chi connectivity index (χ0) is 14.7. The van der Waals surface area contributed by atoms with E-state index >= 15 is 0 Å². The standard InChI is InChI=1S/C16H24ClN3S/c1-2-3-4-11-21-15-14(18-7-8-19-15)16(17)12-20-9-5-13(16)6-10-20/h7-8,13H,2-6,9-12H2,1H3. The number of piperidine rings is 3. The summed E-state index contributed by atoms with van der Waals surface area (Å²) < 4.78 is 0. The summed E-state index contributed by atoms with van der Waals surface area (Å²) in [6.07, 6.45) is 9.76. The van der Waals surface area contributed by atoms with Crippen molar-refractivity contribution in [3.8, 4) is 0 Å². The van der Waals surface area contributed by atoms with Crippen molar-refractivity contribution in [2.45, 2.75) is 48.9 Å². The molecule has 3 saturated heterocycles. The maximum absolute atomic E-state index is 7.08. The highest BCUT2D eigenvalue weighted by atomic mass is 35.5. The summed E-state index contributed by atoms with van der Waals surface area (Å²) in [6, 6.07) is 0. The maximum atomic E-state index is 7.08. The van der Waals surface area contributed by atoms with E-state index in [1.165, 1.54) is 45.2 Å². The van der Waals surface area contributed by atoms with E-state index in [1.807, 2.05) is 11.8 Å². The minimum Gasteiger partial charge on any atom is -0.301 e. The van der Waals surface area contributed by atoms with Crippen LogP contribution in [-0.4, -0.2) is 40.3 Å². The Kier molecular flexibility index (Phi) is 5.07. The van der Waals surface area contributed by atoms with Crippen molar-refractivity contribution in [2.24, 2.45) is 5.92 Å². The van der Waals surface area contributed by atoms with Crippen LogP contribution < -0.4 is 0 Å². The van der Waals surface area contributed by atoms with Crippen LogP contribution in [0.25, 0.3) is 0 Å². The Bertz CT molecular complexity index is 476. The Morgan fingerprint density at radius 2 is 2.05 bits per heavy atom. The van der Waals surface area contributed by atoms with Crippen molar-refractivity contribution in [3.63, 3.8) is 0 Å². The monoisotopic (exact) mass is 325 g/mol. The van der Waals surface area contributed by atoms with E-state index in [1.54, 1.807) is 12.4 Å².